The van der Waals surface area contributed by atoms with Gasteiger partial charge >= 0.3 is 0 Å². The van der Waals surface area contributed by atoms with Gasteiger partial charge in [-0.2, -0.15) is 0 Å². The number of nitrogens with two attached hydrogens (primary N) is 2. The Morgan fingerprint density at radius 1 is 1.06 bits per heavy atom. The summed E-state index contributed by atoms with van der Waals surface area (Å²) in [5.41, 5.74) is 13.1. The van der Waals surface area contributed by atoms with E-state index < -0.39 is 0 Å². The monoisotopic (exact) mass is 252 g/mol. The molecule has 1 aromatic carbocycles. The van der Waals surface area contributed by atoms with Gasteiger partial charge in [-0.15, -0.1) is 36.7 Å². The minimum absolute atomic E-state index is 0.634. The van der Waals surface area contributed by atoms with Crippen LogP contribution in [0.15, 0.2) is 47.2 Å². The number of hydrogen-bond donors (Lipinski definition) is 2. The molecule has 0 saturated heterocycles. The zero-order valence-electron chi connectivity index (χ0n) is 9.11. The number of nitrogen functional groups attached to an aromatic ring is 2. The second-order valence-electron chi connectivity index (χ2n) is 3.10. The van der Waals surface area contributed by atoms with Gasteiger partial charge in [0.1, 0.15) is 0 Å². The fourth-order valence-corrected chi connectivity index (χ4v) is 2.97. The first kappa shape index (κ1) is 13.1. The maximum Gasteiger partial charge on any atom is 0.0697 e. The van der Waals surface area contributed by atoms with E-state index in [1.54, 1.807) is 23.5 Å². The molecule has 0 bridgehead atoms. The molecule has 0 radical (unpaired) electrons. The van der Waals surface area contributed by atoms with Crippen LogP contribution in [0.5, 0.6) is 0 Å². The van der Waals surface area contributed by atoms with E-state index in [2.05, 4.69) is 13.2 Å². The zero-order chi connectivity index (χ0) is 12.0. The molecule has 0 aliphatic heterocycles. The maximum absolute atomic E-state index is 5.98. The van der Waals surface area contributed by atoms with Crippen LogP contribution in [0.2, 0.25) is 0 Å². The van der Waals surface area contributed by atoms with Crippen LogP contribution in [0.3, 0.4) is 0 Å². The van der Waals surface area contributed by atoms with E-state index in [-0.39, 0.29) is 0 Å². The van der Waals surface area contributed by atoms with Gasteiger partial charge in [0, 0.05) is 21.3 Å². The van der Waals surface area contributed by atoms with Gasteiger partial charge in [0.15, 0.2) is 0 Å². The molecule has 0 unspecified atom stereocenters. The highest BCUT2D eigenvalue weighted by Gasteiger charge is 2.09. The van der Waals surface area contributed by atoms with Crippen LogP contribution in [-0.4, -0.2) is 11.5 Å². The molecular weight excluding hydrogens is 236 g/mol. The Hall–Kier alpha value is -1.00. The zero-order valence-corrected chi connectivity index (χ0v) is 10.7. The molecular formula is C12H16N2S2. The molecule has 0 spiro atoms. The summed E-state index contributed by atoms with van der Waals surface area (Å²) in [6, 6.07) is 3.85. The van der Waals surface area contributed by atoms with Gasteiger partial charge in [-0.1, -0.05) is 12.2 Å². The predicted molar refractivity (Wildman–Crippen MR) is 77.1 cm³/mol. The predicted octanol–water partition coefficient (Wildman–Crippen LogP) is 3.41. The Morgan fingerprint density at radius 3 is 2.31 bits per heavy atom. The molecule has 4 N–H and O–H groups in total. The summed E-state index contributed by atoms with van der Waals surface area (Å²) in [5.74, 6) is 1.69. The number of rotatable bonds is 6. The van der Waals surface area contributed by atoms with E-state index in [9.17, 15) is 0 Å². The molecule has 0 amide bonds. The summed E-state index contributed by atoms with van der Waals surface area (Å²) in [4.78, 5) is 2.20. The highest BCUT2D eigenvalue weighted by Crippen LogP contribution is 2.38. The van der Waals surface area contributed by atoms with Gasteiger partial charge in [-0.25, -0.2) is 0 Å². The fourth-order valence-electron chi connectivity index (χ4n) is 1.15. The molecule has 0 saturated carbocycles. The summed E-state index contributed by atoms with van der Waals surface area (Å²) in [6.07, 6.45) is 3.73. The van der Waals surface area contributed by atoms with Gasteiger partial charge in [-0.05, 0) is 12.1 Å². The lowest BCUT2D eigenvalue weighted by atomic mass is 10.3. The maximum atomic E-state index is 5.98. The molecule has 1 rings (SSSR count). The van der Waals surface area contributed by atoms with Crippen molar-refractivity contribution in [3.05, 3.63) is 37.4 Å². The third-order valence-electron chi connectivity index (χ3n) is 1.90. The second kappa shape index (κ2) is 6.55. The molecule has 0 aromatic heterocycles. The molecule has 0 atom stereocenters. The molecule has 0 fully saturated rings. The van der Waals surface area contributed by atoms with Gasteiger partial charge in [0.25, 0.3) is 0 Å². The topological polar surface area (TPSA) is 52.0 Å². The van der Waals surface area contributed by atoms with E-state index in [4.69, 9.17) is 11.5 Å². The van der Waals surface area contributed by atoms with Crippen LogP contribution < -0.4 is 11.5 Å². The standard InChI is InChI=1S/C12H16N2S2/c1-3-7-15-10-6-5-9(13)11(14)12(10)16-8-4-2/h3-6H,1-2,7-8,13-14H2. The highest BCUT2D eigenvalue weighted by atomic mass is 32.2. The first-order valence-electron chi connectivity index (χ1n) is 4.86. The number of anilines is 2. The van der Waals surface area contributed by atoms with Crippen LogP contribution in [-0.2, 0) is 0 Å². The van der Waals surface area contributed by atoms with Crippen LogP contribution in [0, 0.1) is 0 Å². The van der Waals surface area contributed by atoms with Crippen LogP contribution in [0.25, 0.3) is 0 Å². The van der Waals surface area contributed by atoms with Gasteiger partial charge in [-0.3, -0.25) is 0 Å². The molecule has 16 heavy (non-hydrogen) atoms. The summed E-state index contributed by atoms with van der Waals surface area (Å²) in [6.45, 7) is 7.41. The largest absolute Gasteiger partial charge is 0.397 e. The Balaban J connectivity index is 3.00. The van der Waals surface area contributed by atoms with E-state index >= 15 is 0 Å². The summed E-state index contributed by atoms with van der Waals surface area (Å²) >= 11 is 3.37. The Bertz CT molecular complexity index is 389. The van der Waals surface area contributed by atoms with E-state index in [1.165, 1.54) is 0 Å². The number of hydrogen-bond acceptors (Lipinski definition) is 4. The average molecular weight is 252 g/mol. The van der Waals surface area contributed by atoms with Crippen LogP contribution in [0.4, 0.5) is 11.4 Å². The minimum Gasteiger partial charge on any atom is -0.397 e. The van der Waals surface area contributed by atoms with E-state index in [1.807, 2.05) is 24.3 Å². The van der Waals surface area contributed by atoms with Crippen molar-refractivity contribution in [3.8, 4) is 0 Å². The lowest BCUT2D eigenvalue weighted by Gasteiger charge is -2.12. The molecule has 2 nitrogen and oxygen atoms in total. The van der Waals surface area contributed by atoms with Crippen molar-refractivity contribution in [2.75, 3.05) is 23.0 Å². The van der Waals surface area contributed by atoms with Crippen molar-refractivity contribution in [2.45, 2.75) is 9.79 Å². The Kier molecular flexibility index (Phi) is 5.35. The smallest absolute Gasteiger partial charge is 0.0697 e. The fraction of sp³-hybridized carbons (Fsp3) is 0.167. The second-order valence-corrected chi connectivity index (χ2v) is 5.19. The molecule has 0 aliphatic carbocycles. The van der Waals surface area contributed by atoms with Crippen molar-refractivity contribution >= 4 is 34.9 Å². The third kappa shape index (κ3) is 3.25. The highest BCUT2D eigenvalue weighted by molar-refractivity contribution is 8.02. The molecule has 1 aromatic rings. The van der Waals surface area contributed by atoms with Crippen molar-refractivity contribution in [2.24, 2.45) is 0 Å². The first-order valence-corrected chi connectivity index (χ1v) is 6.83. The van der Waals surface area contributed by atoms with Crippen molar-refractivity contribution in [1.82, 2.24) is 0 Å². The molecule has 0 heterocycles. The lowest BCUT2D eigenvalue weighted by molar-refractivity contribution is 1.26. The van der Waals surface area contributed by atoms with Gasteiger partial charge < -0.3 is 11.5 Å². The lowest BCUT2D eigenvalue weighted by Crippen LogP contribution is -1.98. The molecule has 4 heteroatoms. The van der Waals surface area contributed by atoms with E-state index in [0.717, 1.165) is 21.3 Å². The minimum atomic E-state index is 0.634. The summed E-state index contributed by atoms with van der Waals surface area (Å²) in [7, 11) is 0. The van der Waals surface area contributed by atoms with Gasteiger partial charge in [0.05, 0.1) is 11.4 Å². The quantitative estimate of drug-likeness (QED) is 0.463. The summed E-state index contributed by atoms with van der Waals surface area (Å²) in [5, 5.41) is 0. The van der Waals surface area contributed by atoms with Crippen LogP contribution in [0.1, 0.15) is 0 Å². The number of benzene rings is 1. The number of thioether (sulfide) groups is 2. The Morgan fingerprint density at radius 2 is 1.69 bits per heavy atom. The normalized spacial score (nSPS) is 10.0. The van der Waals surface area contributed by atoms with E-state index in [0.29, 0.717) is 11.4 Å². The average Bonchev–Trinajstić information content (AvgIpc) is 2.29. The summed E-state index contributed by atoms with van der Waals surface area (Å²) < 4.78 is 0. The van der Waals surface area contributed by atoms with Crippen LogP contribution >= 0.6 is 23.5 Å². The first-order chi connectivity index (χ1) is 7.70. The molecule has 0 aliphatic rings. The Labute approximate surface area is 105 Å². The van der Waals surface area contributed by atoms with Crippen molar-refractivity contribution in [1.29, 1.82) is 0 Å². The van der Waals surface area contributed by atoms with Crippen molar-refractivity contribution in [3.63, 3.8) is 0 Å². The van der Waals surface area contributed by atoms with Gasteiger partial charge in [0.2, 0.25) is 0 Å². The van der Waals surface area contributed by atoms with Crippen molar-refractivity contribution < 1.29 is 0 Å². The third-order valence-corrected chi connectivity index (χ3v) is 4.21. The molecule has 86 valence electrons. The SMILES string of the molecule is C=CCSc1ccc(N)c(N)c1SCC=C.